The van der Waals surface area contributed by atoms with Crippen molar-refractivity contribution in [3.8, 4) is 11.1 Å². The van der Waals surface area contributed by atoms with Gasteiger partial charge in [-0.05, 0) is 12.1 Å². The minimum Gasteiger partial charge on any atom is -0.465 e. The van der Waals surface area contributed by atoms with Gasteiger partial charge in [0.05, 0.1) is 18.4 Å². The third-order valence-electron chi connectivity index (χ3n) is 2.88. The van der Waals surface area contributed by atoms with E-state index in [1.165, 1.54) is 13.2 Å². The fraction of sp³-hybridized carbons (Fsp3) is 0.133. The molecule has 3 nitrogen and oxygen atoms in total. The Hall–Kier alpha value is -2.36. The molecule has 2 rings (SSSR count). The molecule has 0 fully saturated rings. The number of para-hydroxylation sites is 1. The summed E-state index contributed by atoms with van der Waals surface area (Å²) < 4.78 is 18.6. The van der Waals surface area contributed by atoms with Crippen LogP contribution in [-0.2, 0) is 4.74 Å². The maximum Gasteiger partial charge on any atom is 0.339 e. The molecule has 2 aromatic rings. The molecule has 0 amide bonds. The van der Waals surface area contributed by atoms with Crippen LogP contribution >= 0.6 is 0 Å². The highest BCUT2D eigenvalue weighted by atomic mass is 19.1. The molecule has 0 aliphatic heterocycles. The predicted octanol–water partition coefficient (Wildman–Crippen LogP) is 3.32. The van der Waals surface area contributed by atoms with Gasteiger partial charge in [-0.25, -0.2) is 9.18 Å². The van der Waals surface area contributed by atoms with E-state index in [0.29, 0.717) is 22.4 Å². The number of hydrogen-bond donors (Lipinski definition) is 1. The van der Waals surface area contributed by atoms with Crippen LogP contribution in [0.25, 0.3) is 11.1 Å². The van der Waals surface area contributed by atoms with Gasteiger partial charge in [-0.1, -0.05) is 30.3 Å². The van der Waals surface area contributed by atoms with E-state index < -0.39 is 5.97 Å². The summed E-state index contributed by atoms with van der Waals surface area (Å²) in [5.74, 6) is -0.788. The van der Waals surface area contributed by atoms with Crippen molar-refractivity contribution in [3.05, 3.63) is 53.8 Å². The van der Waals surface area contributed by atoms with E-state index >= 15 is 0 Å². The molecule has 0 saturated heterocycles. The van der Waals surface area contributed by atoms with Crippen molar-refractivity contribution in [2.45, 2.75) is 0 Å². The summed E-state index contributed by atoms with van der Waals surface area (Å²) in [6, 6.07) is 11.5. The van der Waals surface area contributed by atoms with Crippen molar-refractivity contribution in [2.24, 2.45) is 0 Å². The van der Waals surface area contributed by atoms with Crippen molar-refractivity contribution < 1.29 is 13.9 Å². The van der Waals surface area contributed by atoms with Crippen LogP contribution in [0, 0.1) is 5.82 Å². The Balaban J connectivity index is 2.65. The number of carbonyl (C=O) groups excluding carboxylic acids is 1. The summed E-state index contributed by atoms with van der Waals surface area (Å²) in [7, 11) is 3.00. The SMILES string of the molecule is CNc1c(C(=O)OC)cccc1-c1ccccc1F. The number of hydrogen-bond acceptors (Lipinski definition) is 3. The first-order valence-corrected chi connectivity index (χ1v) is 5.83. The number of esters is 1. The van der Waals surface area contributed by atoms with Gasteiger partial charge in [0.2, 0.25) is 0 Å². The average molecular weight is 259 g/mol. The summed E-state index contributed by atoms with van der Waals surface area (Å²) in [6.07, 6.45) is 0. The van der Waals surface area contributed by atoms with Gasteiger partial charge < -0.3 is 10.1 Å². The molecule has 19 heavy (non-hydrogen) atoms. The zero-order valence-electron chi connectivity index (χ0n) is 10.7. The van der Waals surface area contributed by atoms with Crippen LogP contribution < -0.4 is 5.32 Å². The highest BCUT2D eigenvalue weighted by molar-refractivity contribution is 6.00. The topological polar surface area (TPSA) is 38.3 Å². The third-order valence-corrected chi connectivity index (χ3v) is 2.88. The van der Waals surface area contributed by atoms with Crippen molar-refractivity contribution in [3.63, 3.8) is 0 Å². The zero-order valence-corrected chi connectivity index (χ0v) is 10.7. The van der Waals surface area contributed by atoms with Gasteiger partial charge in [-0.15, -0.1) is 0 Å². The second-order valence-electron chi connectivity index (χ2n) is 3.95. The number of carbonyl (C=O) groups is 1. The van der Waals surface area contributed by atoms with Gasteiger partial charge in [-0.2, -0.15) is 0 Å². The molecule has 0 radical (unpaired) electrons. The molecule has 0 heterocycles. The fourth-order valence-corrected chi connectivity index (χ4v) is 2.01. The van der Waals surface area contributed by atoms with Crippen LogP contribution in [0.2, 0.25) is 0 Å². The van der Waals surface area contributed by atoms with Gasteiger partial charge >= 0.3 is 5.97 Å². The van der Waals surface area contributed by atoms with E-state index in [2.05, 4.69) is 5.32 Å². The lowest BCUT2D eigenvalue weighted by molar-refractivity contribution is 0.0602. The normalized spacial score (nSPS) is 10.1. The first kappa shape index (κ1) is 13.1. The lowest BCUT2D eigenvalue weighted by atomic mass is 9.99. The number of anilines is 1. The molecule has 0 unspecified atom stereocenters. The van der Waals surface area contributed by atoms with Gasteiger partial charge in [-0.3, -0.25) is 0 Å². The maximum atomic E-state index is 13.9. The van der Waals surface area contributed by atoms with Gasteiger partial charge in [0.25, 0.3) is 0 Å². The Morgan fingerprint density at radius 3 is 2.42 bits per heavy atom. The van der Waals surface area contributed by atoms with Crippen molar-refractivity contribution in [1.82, 2.24) is 0 Å². The third kappa shape index (κ3) is 2.42. The summed E-state index contributed by atoms with van der Waals surface area (Å²) in [5, 5.41) is 2.94. The first-order valence-electron chi connectivity index (χ1n) is 5.83. The fourth-order valence-electron chi connectivity index (χ4n) is 2.01. The molecule has 0 aliphatic rings. The molecule has 1 N–H and O–H groups in total. The lowest BCUT2D eigenvalue weighted by Crippen LogP contribution is -2.07. The highest BCUT2D eigenvalue weighted by Crippen LogP contribution is 2.32. The molecule has 2 aromatic carbocycles. The molecule has 0 aliphatic carbocycles. The second-order valence-corrected chi connectivity index (χ2v) is 3.95. The second kappa shape index (κ2) is 5.52. The standard InChI is InChI=1S/C15H14FNO2/c1-17-14-11(10-6-3-4-9-13(10)16)7-5-8-12(14)15(18)19-2/h3-9,17H,1-2H3. The van der Waals surface area contributed by atoms with Crippen LogP contribution in [0.5, 0.6) is 0 Å². The number of ether oxygens (including phenoxy) is 1. The van der Waals surface area contributed by atoms with Gasteiger partial charge in [0.15, 0.2) is 0 Å². The van der Waals surface area contributed by atoms with E-state index in [4.69, 9.17) is 4.74 Å². The van der Waals surface area contributed by atoms with E-state index in [0.717, 1.165) is 0 Å². The van der Waals surface area contributed by atoms with Crippen molar-refractivity contribution in [2.75, 3.05) is 19.5 Å². The Bertz CT molecular complexity index is 611. The number of methoxy groups -OCH3 is 1. The Morgan fingerprint density at radius 2 is 1.79 bits per heavy atom. The zero-order chi connectivity index (χ0) is 13.8. The Kier molecular flexibility index (Phi) is 3.80. The Labute approximate surface area is 111 Å². The molecule has 4 heteroatoms. The molecule has 0 aromatic heterocycles. The minimum absolute atomic E-state index is 0.332. The smallest absolute Gasteiger partial charge is 0.339 e. The van der Waals surface area contributed by atoms with Crippen molar-refractivity contribution in [1.29, 1.82) is 0 Å². The number of benzene rings is 2. The monoisotopic (exact) mass is 259 g/mol. The quantitative estimate of drug-likeness (QED) is 0.859. The van der Waals surface area contributed by atoms with Crippen LogP contribution in [-0.4, -0.2) is 20.1 Å². The van der Waals surface area contributed by atoms with Crippen molar-refractivity contribution >= 4 is 11.7 Å². The summed E-state index contributed by atoms with van der Waals surface area (Å²) in [6.45, 7) is 0. The largest absolute Gasteiger partial charge is 0.465 e. The maximum absolute atomic E-state index is 13.9. The lowest BCUT2D eigenvalue weighted by Gasteiger charge is -2.13. The summed E-state index contributed by atoms with van der Waals surface area (Å²) >= 11 is 0. The number of rotatable bonds is 3. The predicted molar refractivity (Wildman–Crippen MR) is 72.7 cm³/mol. The minimum atomic E-state index is -0.456. The molecule has 98 valence electrons. The molecular weight excluding hydrogens is 245 g/mol. The average Bonchev–Trinajstić information content (AvgIpc) is 2.46. The van der Waals surface area contributed by atoms with E-state index in [9.17, 15) is 9.18 Å². The summed E-state index contributed by atoms with van der Waals surface area (Å²) in [4.78, 5) is 11.7. The number of halogens is 1. The molecule has 0 spiro atoms. The Morgan fingerprint density at radius 1 is 1.11 bits per heavy atom. The summed E-state index contributed by atoms with van der Waals surface area (Å²) in [5.41, 5.74) is 2.01. The molecule has 0 atom stereocenters. The van der Waals surface area contributed by atoms with E-state index in [1.807, 2.05) is 0 Å². The molecular formula is C15H14FNO2. The highest BCUT2D eigenvalue weighted by Gasteiger charge is 2.16. The van der Waals surface area contributed by atoms with E-state index in [1.54, 1.807) is 43.4 Å². The van der Waals surface area contributed by atoms with Crippen LogP contribution in [0.1, 0.15) is 10.4 Å². The first-order chi connectivity index (χ1) is 9.19. The molecule has 0 saturated carbocycles. The number of nitrogens with one attached hydrogen (secondary N) is 1. The van der Waals surface area contributed by atoms with Crippen LogP contribution in [0.4, 0.5) is 10.1 Å². The van der Waals surface area contributed by atoms with Crippen LogP contribution in [0.3, 0.4) is 0 Å². The van der Waals surface area contributed by atoms with E-state index in [-0.39, 0.29) is 5.82 Å². The van der Waals surface area contributed by atoms with Crippen LogP contribution in [0.15, 0.2) is 42.5 Å². The van der Waals surface area contributed by atoms with Gasteiger partial charge in [0, 0.05) is 18.2 Å². The van der Waals surface area contributed by atoms with Gasteiger partial charge in [0.1, 0.15) is 5.82 Å². The molecule has 0 bridgehead atoms.